The van der Waals surface area contributed by atoms with Crippen LogP contribution in [0.4, 0.5) is 4.39 Å². The minimum absolute atomic E-state index is 0.0377. The standard InChI is InChI=1S/C21H24FN3O3/c1-14(23-8-2-3-9-23)17-13-24-10-11-25(12-15-4-6-16(22)7-5-15)21(28)18(24)20(27)19(17)26/h4-7,13-14,27H,2-3,8-12H2,1H3. The fraction of sp³-hybridized carbons (Fsp3) is 0.429. The molecule has 2 aliphatic rings. The second kappa shape index (κ2) is 7.39. The minimum Gasteiger partial charge on any atom is -0.503 e. The molecule has 1 amide bonds. The van der Waals surface area contributed by atoms with Gasteiger partial charge in [-0.3, -0.25) is 14.5 Å². The molecule has 1 aromatic heterocycles. The number of amides is 1. The van der Waals surface area contributed by atoms with Crippen molar-refractivity contribution in [2.45, 2.75) is 38.9 Å². The monoisotopic (exact) mass is 385 g/mol. The Kier molecular flexibility index (Phi) is 4.93. The Hall–Kier alpha value is -2.67. The molecule has 1 N–H and O–H groups in total. The van der Waals surface area contributed by atoms with Gasteiger partial charge in [-0.2, -0.15) is 0 Å². The molecule has 1 unspecified atom stereocenters. The summed E-state index contributed by atoms with van der Waals surface area (Å²) in [7, 11) is 0. The van der Waals surface area contributed by atoms with Crippen molar-refractivity contribution >= 4 is 5.91 Å². The van der Waals surface area contributed by atoms with Gasteiger partial charge in [0.2, 0.25) is 5.43 Å². The number of pyridine rings is 1. The van der Waals surface area contributed by atoms with Crippen LogP contribution in [-0.2, 0) is 13.1 Å². The van der Waals surface area contributed by atoms with Crippen LogP contribution in [0.15, 0.2) is 35.3 Å². The van der Waals surface area contributed by atoms with Crippen LogP contribution in [0.25, 0.3) is 0 Å². The van der Waals surface area contributed by atoms with Crippen LogP contribution in [0.5, 0.6) is 5.75 Å². The summed E-state index contributed by atoms with van der Waals surface area (Å²) in [5.74, 6) is -1.19. The molecule has 7 heteroatoms. The Morgan fingerprint density at radius 2 is 1.75 bits per heavy atom. The zero-order valence-corrected chi connectivity index (χ0v) is 15.9. The molecule has 0 radical (unpaired) electrons. The van der Waals surface area contributed by atoms with Crippen molar-refractivity contribution in [3.63, 3.8) is 0 Å². The lowest BCUT2D eigenvalue weighted by Gasteiger charge is -2.32. The number of aromatic nitrogens is 1. The first-order chi connectivity index (χ1) is 13.5. The third-order valence-electron chi connectivity index (χ3n) is 5.81. The number of hydrogen-bond donors (Lipinski definition) is 1. The van der Waals surface area contributed by atoms with Gasteiger partial charge in [-0.15, -0.1) is 0 Å². The molecule has 1 fully saturated rings. The molecule has 28 heavy (non-hydrogen) atoms. The SMILES string of the molecule is CC(c1cn2c(c(O)c1=O)C(=O)N(Cc1ccc(F)cc1)CC2)N1CCCC1. The molecule has 0 aliphatic carbocycles. The number of rotatable bonds is 4. The summed E-state index contributed by atoms with van der Waals surface area (Å²) in [4.78, 5) is 29.5. The Bertz CT molecular complexity index is 949. The normalized spacial score (nSPS) is 18.4. The highest BCUT2D eigenvalue weighted by molar-refractivity contribution is 5.95. The summed E-state index contributed by atoms with van der Waals surface area (Å²) >= 11 is 0. The quantitative estimate of drug-likeness (QED) is 0.878. The van der Waals surface area contributed by atoms with Gasteiger partial charge in [0.1, 0.15) is 5.82 Å². The molecular weight excluding hydrogens is 361 g/mol. The van der Waals surface area contributed by atoms with Gasteiger partial charge in [-0.05, 0) is 50.6 Å². The lowest BCUT2D eigenvalue weighted by atomic mass is 10.1. The zero-order chi connectivity index (χ0) is 19.8. The molecular formula is C21H24FN3O3. The Balaban J connectivity index is 1.62. The van der Waals surface area contributed by atoms with Crippen molar-refractivity contribution in [2.24, 2.45) is 0 Å². The molecule has 2 aliphatic heterocycles. The number of halogens is 1. The van der Waals surface area contributed by atoms with Gasteiger partial charge in [0.25, 0.3) is 5.91 Å². The number of benzene rings is 1. The number of carbonyl (C=O) groups is 1. The van der Waals surface area contributed by atoms with Crippen molar-refractivity contribution in [3.8, 4) is 5.75 Å². The highest BCUT2D eigenvalue weighted by Gasteiger charge is 2.31. The van der Waals surface area contributed by atoms with Gasteiger partial charge in [-0.25, -0.2) is 4.39 Å². The van der Waals surface area contributed by atoms with Crippen molar-refractivity contribution in [1.82, 2.24) is 14.4 Å². The topological polar surface area (TPSA) is 65.8 Å². The van der Waals surface area contributed by atoms with E-state index in [9.17, 15) is 19.1 Å². The molecule has 3 heterocycles. The first-order valence-corrected chi connectivity index (χ1v) is 9.70. The van der Waals surface area contributed by atoms with Crippen LogP contribution in [0, 0.1) is 5.82 Å². The second-order valence-electron chi connectivity index (χ2n) is 7.58. The summed E-state index contributed by atoms with van der Waals surface area (Å²) in [6.07, 6.45) is 3.95. The van der Waals surface area contributed by atoms with E-state index in [2.05, 4.69) is 4.90 Å². The van der Waals surface area contributed by atoms with E-state index in [1.807, 2.05) is 6.92 Å². The fourth-order valence-corrected chi connectivity index (χ4v) is 4.14. The number of carbonyl (C=O) groups excluding carboxylic acids is 1. The largest absolute Gasteiger partial charge is 0.503 e. The fourth-order valence-electron chi connectivity index (χ4n) is 4.14. The Labute approximate surface area is 162 Å². The van der Waals surface area contributed by atoms with E-state index in [-0.39, 0.29) is 23.5 Å². The number of fused-ring (bicyclic) bond motifs is 1. The number of hydrogen-bond acceptors (Lipinski definition) is 4. The Morgan fingerprint density at radius 1 is 1.07 bits per heavy atom. The van der Waals surface area contributed by atoms with Crippen molar-refractivity contribution in [1.29, 1.82) is 0 Å². The molecule has 148 valence electrons. The van der Waals surface area contributed by atoms with E-state index >= 15 is 0 Å². The minimum atomic E-state index is -0.475. The first kappa shape index (κ1) is 18.7. The van der Waals surface area contributed by atoms with Crippen LogP contribution in [-0.4, -0.2) is 45.0 Å². The lowest BCUT2D eigenvalue weighted by molar-refractivity contribution is 0.0682. The molecule has 6 nitrogen and oxygen atoms in total. The maximum atomic E-state index is 13.1. The predicted molar refractivity (Wildman–Crippen MR) is 103 cm³/mol. The van der Waals surface area contributed by atoms with Gasteiger partial charge >= 0.3 is 0 Å². The van der Waals surface area contributed by atoms with E-state index in [4.69, 9.17) is 0 Å². The van der Waals surface area contributed by atoms with Gasteiger partial charge in [0, 0.05) is 37.4 Å². The van der Waals surface area contributed by atoms with Crippen LogP contribution in [0.2, 0.25) is 0 Å². The molecule has 0 spiro atoms. The number of nitrogens with zero attached hydrogens (tertiary/aromatic N) is 3. The zero-order valence-electron chi connectivity index (χ0n) is 15.9. The summed E-state index contributed by atoms with van der Waals surface area (Å²) < 4.78 is 14.8. The van der Waals surface area contributed by atoms with Gasteiger partial charge in [0.05, 0.1) is 0 Å². The van der Waals surface area contributed by atoms with E-state index in [1.54, 1.807) is 27.8 Å². The second-order valence-corrected chi connectivity index (χ2v) is 7.58. The van der Waals surface area contributed by atoms with Gasteiger partial charge < -0.3 is 14.6 Å². The average molecular weight is 385 g/mol. The third kappa shape index (κ3) is 3.30. The summed E-state index contributed by atoms with van der Waals surface area (Å²) in [6, 6.07) is 5.87. The third-order valence-corrected chi connectivity index (χ3v) is 5.81. The molecule has 0 saturated carbocycles. The number of likely N-dealkylation sites (tertiary alicyclic amines) is 1. The van der Waals surface area contributed by atoms with E-state index in [0.717, 1.165) is 31.5 Å². The molecule has 0 bridgehead atoms. The lowest BCUT2D eigenvalue weighted by Crippen LogP contribution is -2.42. The smallest absolute Gasteiger partial charge is 0.274 e. The molecule has 1 aromatic carbocycles. The van der Waals surface area contributed by atoms with Crippen LogP contribution >= 0.6 is 0 Å². The summed E-state index contributed by atoms with van der Waals surface area (Å²) in [5.41, 5.74) is 0.894. The molecule has 1 atom stereocenters. The first-order valence-electron chi connectivity index (χ1n) is 9.70. The summed E-state index contributed by atoms with van der Waals surface area (Å²) in [6.45, 7) is 5.11. The predicted octanol–water partition coefficient (Wildman–Crippen LogP) is 2.51. The van der Waals surface area contributed by atoms with E-state index in [0.29, 0.717) is 25.2 Å². The van der Waals surface area contributed by atoms with Gasteiger partial charge in [-0.1, -0.05) is 12.1 Å². The average Bonchev–Trinajstić information content (AvgIpc) is 3.22. The van der Waals surface area contributed by atoms with Crippen molar-refractivity contribution in [3.05, 3.63) is 63.3 Å². The Morgan fingerprint density at radius 3 is 2.43 bits per heavy atom. The van der Waals surface area contributed by atoms with Gasteiger partial charge in [0.15, 0.2) is 11.4 Å². The van der Waals surface area contributed by atoms with Crippen molar-refractivity contribution < 1.29 is 14.3 Å². The van der Waals surface area contributed by atoms with E-state index in [1.165, 1.54) is 12.1 Å². The maximum absolute atomic E-state index is 13.1. The molecule has 2 aromatic rings. The van der Waals surface area contributed by atoms with Crippen LogP contribution in [0.1, 0.15) is 47.4 Å². The molecule has 4 rings (SSSR count). The van der Waals surface area contributed by atoms with Crippen LogP contribution in [0.3, 0.4) is 0 Å². The van der Waals surface area contributed by atoms with Crippen LogP contribution < -0.4 is 5.43 Å². The number of aromatic hydroxyl groups is 1. The highest BCUT2D eigenvalue weighted by atomic mass is 19.1. The molecule has 1 saturated heterocycles. The van der Waals surface area contributed by atoms with Crippen molar-refractivity contribution in [2.75, 3.05) is 19.6 Å². The summed E-state index contributed by atoms with van der Waals surface area (Å²) in [5, 5.41) is 10.6. The highest BCUT2D eigenvalue weighted by Crippen LogP contribution is 2.27. The van der Waals surface area contributed by atoms with E-state index < -0.39 is 11.2 Å². The maximum Gasteiger partial charge on any atom is 0.274 e.